The Bertz CT molecular complexity index is 1540. The second-order valence-corrected chi connectivity index (χ2v) is 8.90. The minimum absolute atomic E-state index is 0.0806. The molecule has 0 unspecified atom stereocenters. The lowest BCUT2D eigenvalue weighted by molar-refractivity contribution is 0.0988. The molecule has 0 aliphatic carbocycles. The van der Waals surface area contributed by atoms with Crippen LogP contribution in [0.5, 0.6) is 11.6 Å². The van der Waals surface area contributed by atoms with Crippen LogP contribution in [0.2, 0.25) is 5.15 Å². The van der Waals surface area contributed by atoms with E-state index in [4.69, 9.17) is 31.2 Å². The molecule has 0 fully saturated rings. The second-order valence-electron chi connectivity index (χ2n) is 8.51. The molecule has 0 saturated heterocycles. The van der Waals surface area contributed by atoms with Gasteiger partial charge < -0.3 is 19.6 Å². The zero-order valence-corrected chi connectivity index (χ0v) is 20.2. The molecule has 1 amide bonds. The van der Waals surface area contributed by atoms with Gasteiger partial charge in [0.2, 0.25) is 5.88 Å². The van der Waals surface area contributed by atoms with Crippen LogP contribution >= 0.6 is 11.6 Å². The molecule has 4 heterocycles. The fraction of sp³-hybridized carbons (Fsp3) is 0.280. The van der Waals surface area contributed by atoms with Gasteiger partial charge >= 0.3 is 0 Å². The summed E-state index contributed by atoms with van der Waals surface area (Å²) in [6.45, 7) is 6.71. The number of carbonyl (C=O) groups is 1. The Balaban J connectivity index is 1.66. The van der Waals surface area contributed by atoms with Crippen molar-refractivity contribution in [2.75, 3.05) is 6.61 Å². The zero-order valence-electron chi connectivity index (χ0n) is 19.4. The molecular weight excluding hydrogens is 472 g/mol. The van der Waals surface area contributed by atoms with Crippen LogP contribution < -0.4 is 20.6 Å². The third kappa shape index (κ3) is 4.01. The maximum absolute atomic E-state index is 13.4. The normalized spacial score (nSPS) is 13.8. The highest BCUT2D eigenvalue weighted by atomic mass is 35.5. The van der Waals surface area contributed by atoms with E-state index >= 15 is 0 Å². The lowest BCUT2D eigenvalue weighted by Crippen LogP contribution is -2.17. The van der Waals surface area contributed by atoms with Gasteiger partial charge in [-0.1, -0.05) is 11.6 Å². The highest BCUT2D eigenvalue weighted by Crippen LogP contribution is 2.37. The summed E-state index contributed by atoms with van der Waals surface area (Å²) in [7, 11) is 0. The maximum Gasteiger partial charge on any atom is 0.271 e. The molecule has 9 nitrogen and oxygen atoms in total. The number of pyridine rings is 1. The van der Waals surface area contributed by atoms with E-state index in [-0.39, 0.29) is 22.0 Å². The first-order chi connectivity index (χ1) is 16.7. The standard InChI is InChI=1S/C25H23ClN4O5/c1-12-9-15(14(3)34-18-5-6-19(26)29-20(18)24(27)32)23-16(10-12)21(31)13(2)22(35-23)17-11-28-30-7-4-8-33-25(17)30/h5-6,9-11,14H,4,7-8H2,1-3H3,(H2,27,32)/t14-/m1/s1. The summed E-state index contributed by atoms with van der Waals surface area (Å²) in [5.41, 5.74) is 8.18. The third-order valence-corrected chi connectivity index (χ3v) is 6.19. The van der Waals surface area contributed by atoms with Crippen molar-refractivity contribution in [2.24, 2.45) is 5.73 Å². The first kappa shape index (κ1) is 22.9. The number of primary amides is 1. The van der Waals surface area contributed by atoms with E-state index in [0.717, 1.165) is 18.5 Å². The van der Waals surface area contributed by atoms with Gasteiger partial charge in [0.25, 0.3) is 5.91 Å². The summed E-state index contributed by atoms with van der Waals surface area (Å²) in [4.78, 5) is 29.3. The van der Waals surface area contributed by atoms with Gasteiger partial charge in [0, 0.05) is 24.1 Å². The molecule has 0 bridgehead atoms. The number of fused-ring (bicyclic) bond motifs is 2. The minimum Gasteiger partial charge on any atom is -0.483 e. The number of nitrogens with two attached hydrogens (primary N) is 1. The van der Waals surface area contributed by atoms with E-state index in [1.54, 1.807) is 30.8 Å². The van der Waals surface area contributed by atoms with Gasteiger partial charge in [-0.15, -0.1) is 0 Å². The van der Waals surface area contributed by atoms with Crippen molar-refractivity contribution in [1.82, 2.24) is 14.8 Å². The van der Waals surface area contributed by atoms with E-state index in [2.05, 4.69) is 10.1 Å². The molecule has 1 aromatic carbocycles. The van der Waals surface area contributed by atoms with Crippen molar-refractivity contribution in [3.63, 3.8) is 0 Å². The number of halogens is 1. The quantitative estimate of drug-likeness (QED) is 0.409. The molecule has 3 aromatic heterocycles. The Morgan fingerprint density at radius 3 is 2.86 bits per heavy atom. The van der Waals surface area contributed by atoms with Crippen molar-refractivity contribution >= 4 is 28.5 Å². The van der Waals surface area contributed by atoms with Crippen molar-refractivity contribution in [3.8, 4) is 23.0 Å². The van der Waals surface area contributed by atoms with Gasteiger partial charge in [-0.05, 0) is 50.6 Å². The number of rotatable bonds is 5. The van der Waals surface area contributed by atoms with Gasteiger partial charge in [-0.2, -0.15) is 5.10 Å². The number of amides is 1. The predicted octanol–water partition coefficient (Wildman–Crippen LogP) is 4.34. The monoisotopic (exact) mass is 494 g/mol. The molecule has 4 aromatic rings. The predicted molar refractivity (Wildman–Crippen MR) is 130 cm³/mol. The van der Waals surface area contributed by atoms with Crippen LogP contribution in [0.3, 0.4) is 0 Å². The number of ether oxygens (including phenoxy) is 2. The van der Waals surface area contributed by atoms with Crippen LogP contribution in [0.15, 0.2) is 39.7 Å². The summed E-state index contributed by atoms with van der Waals surface area (Å²) in [5.74, 6) is 0.393. The van der Waals surface area contributed by atoms with Gasteiger partial charge in [-0.3, -0.25) is 9.59 Å². The smallest absolute Gasteiger partial charge is 0.271 e. The average Bonchev–Trinajstić information content (AvgIpc) is 3.26. The lowest BCUT2D eigenvalue weighted by atomic mass is 10.0. The largest absolute Gasteiger partial charge is 0.483 e. The number of nitrogens with zero attached hydrogens (tertiary/aromatic N) is 3. The molecule has 180 valence electrons. The first-order valence-electron chi connectivity index (χ1n) is 11.1. The lowest BCUT2D eigenvalue weighted by Gasteiger charge is -2.19. The number of benzene rings is 1. The van der Waals surface area contributed by atoms with Crippen LogP contribution in [0.4, 0.5) is 0 Å². The Hall–Kier alpha value is -3.85. The van der Waals surface area contributed by atoms with Gasteiger partial charge in [0.15, 0.2) is 16.9 Å². The van der Waals surface area contributed by atoms with E-state index < -0.39 is 12.0 Å². The third-order valence-electron chi connectivity index (χ3n) is 5.98. The van der Waals surface area contributed by atoms with E-state index in [1.165, 1.54) is 12.1 Å². The molecule has 35 heavy (non-hydrogen) atoms. The SMILES string of the molecule is Cc1cc([C@@H](C)Oc2ccc(Cl)nc2C(N)=O)c2oc(-c3cnn4c3OCCC4)c(C)c(=O)c2c1. The number of aryl methyl sites for hydroxylation is 2. The summed E-state index contributed by atoms with van der Waals surface area (Å²) in [6, 6.07) is 6.71. The van der Waals surface area contributed by atoms with E-state index in [1.807, 2.05) is 13.0 Å². The molecule has 0 radical (unpaired) electrons. The molecule has 0 saturated carbocycles. The molecule has 1 aliphatic rings. The van der Waals surface area contributed by atoms with Crippen LogP contribution in [-0.2, 0) is 6.54 Å². The fourth-order valence-electron chi connectivity index (χ4n) is 4.30. The van der Waals surface area contributed by atoms with Crippen molar-refractivity contribution < 1.29 is 18.7 Å². The molecule has 1 aliphatic heterocycles. The van der Waals surface area contributed by atoms with E-state index in [9.17, 15) is 9.59 Å². The summed E-state index contributed by atoms with van der Waals surface area (Å²) in [5, 5.41) is 4.94. The Morgan fingerprint density at radius 1 is 1.29 bits per heavy atom. The van der Waals surface area contributed by atoms with E-state index in [0.29, 0.717) is 45.9 Å². The Labute approximate surface area is 205 Å². The number of aromatic nitrogens is 3. The maximum atomic E-state index is 13.4. The highest BCUT2D eigenvalue weighted by Gasteiger charge is 2.25. The molecule has 0 spiro atoms. The Kier molecular flexibility index (Phi) is 5.72. The summed E-state index contributed by atoms with van der Waals surface area (Å²) < 4.78 is 20.1. The topological polar surface area (TPSA) is 122 Å². The van der Waals surface area contributed by atoms with Gasteiger partial charge in [0.1, 0.15) is 22.6 Å². The number of hydrogen-bond acceptors (Lipinski definition) is 7. The Morgan fingerprint density at radius 2 is 2.09 bits per heavy atom. The second kappa shape index (κ2) is 8.74. The summed E-state index contributed by atoms with van der Waals surface area (Å²) in [6.07, 6.45) is 1.90. The zero-order chi connectivity index (χ0) is 24.9. The fourth-order valence-corrected chi connectivity index (χ4v) is 4.45. The van der Waals surface area contributed by atoms with Crippen molar-refractivity contribution in [3.05, 3.63) is 68.2 Å². The van der Waals surface area contributed by atoms with Crippen molar-refractivity contribution in [2.45, 2.75) is 39.8 Å². The van der Waals surface area contributed by atoms with Crippen LogP contribution in [-0.4, -0.2) is 27.3 Å². The van der Waals surface area contributed by atoms with Crippen LogP contribution in [0, 0.1) is 13.8 Å². The number of carbonyl (C=O) groups excluding carboxylic acids is 1. The molecule has 10 heteroatoms. The summed E-state index contributed by atoms with van der Waals surface area (Å²) >= 11 is 5.92. The highest BCUT2D eigenvalue weighted by molar-refractivity contribution is 6.29. The first-order valence-corrected chi connectivity index (χ1v) is 11.5. The van der Waals surface area contributed by atoms with Crippen LogP contribution in [0.1, 0.15) is 46.6 Å². The minimum atomic E-state index is -0.765. The number of hydrogen-bond donors (Lipinski definition) is 1. The van der Waals surface area contributed by atoms with Crippen LogP contribution in [0.25, 0.3) is 22.3 Å². The molecule has 1 atom stereocenters. The average molecular weight is 495 g/mol. The molecular formula is C25H23ClN4O5. The molecule has 2 N–H and O–H groups in total. The van der Waals surface area contributed by atoms with Gasteiger partial charge in [0.05, 0.1) is 23.8 Å². The molecule has 5 rings (SSSR count). The van der Waals surface area contributed by atoms with Gasteiger partial charge in [-0.25, -0.2) is 9.67 Å². The van der Waals surface area contributed by atoms with Crippen molar-refractivity contribution in [1.29, 1.82) is 0 Å².